The average Bonchev–Trinajstić information content (AvgIpc) is 2.28. The first-order valence-corrected chi connectivity index (χ1v) is 4.56. The van der Waals surface area contributed by atoms with E-state index in [-0.39, 0.29) is 0 Å². The Hall–Kier alpha value is -0.700. The first kappa shape index (κ1) is 9.39. The van der Waals surface area contributed by atoms with Crippen molar-refractivity contribution in [1.82, 2.24) is 9.78 Å². The summed E-state index contributed by atoms with van der Waals surface area (Å²) in [5.74, 6) is 0. The lowest BCUT2D eigenvalue weighted by Gasteiger charge is -1.85. The molecule has 0 fully saturated rings. The number of rotatable bonds is 1. The predicted octanol–water partition coefficient (Wildman–Crippen LogP) is 0.587. The fraction of sp³-hybridized carbons (Fsp3) is 0.444. The normalized spacial score (nSPS) is 14.3. The van der Waals surface area contributed by atoms with Crippen LogP contribution < -0.4 is 10.6 Å². The first-order chi connectivity index (χ1) is 5.70. The number of thiol groups is 1. The molecule has 0 unspecified atom stereocenters. The third kappa shape index (κ3) is 1.55. The Kier molecular flexibility index (Phi) is 2.98. The maximum absolute atomic E-state index is 4.31. The van der Waals surface area contributed by atoms with Crippen LogP contribution in [0.15, 0.2) is 0 Å². The molecule has 0 saturated heterocycles. The van der Waals surface area contributed by atoms with E-state index in [2.05, 4.69) is 30.7 Å². The highest BCUT2D eigenvalue weighted by Gasteiger charge is 1.96. The molecule has 0 spiro atoms. The SMILES string of the molecule is CC/C=c1/c(C)nn(C)/c1=C/S. The van der Waals surface area contributed by atoms with Crippen LogP contribution in [0.5, 0.6) is 0 Å². The fourth-order valence-electron chi connectivity index (χ4n) is 1.30. The fourth-order valence-corrected chi connectivity index (χ4v) is 1.61. The van der Waals surface area contributed by atoms with Crippen molar-refractivity contribution in [3.63, 3.8) is 0 Å². The average molecular weight is 182 g/mol. The highest BCUT2D eigenvalue weighted by Crippen LogP contribution is 1.81. The molecular formula is C9H14N2S. The van der Waals surface area contributed by atoms with Gasteiger partial charge >= 0.3 is 0 Å². The van der Waals surface area contributed by atoms with Crippen LogP contribution in [0, 0.1) is 6.92 Å². The Morgan fingerprint density at radius 3 is 2.75 bits per heavy atom. The van der Waals surface area contributed by atoms with E-state index in [0.717, 1.165) is 17.5 Å². The highest BCUT2D eigenvalue weighted by molar-refractivity contribution is 7.88. The van der Waals surface area contributed by atoms with E-state index in [9.17, 15) is 0 Å². The molecule has 0 radical (unpaired) electrons. The van der Waals surface area contributed by atoms with Crippen LogP contribution in [0.1, 0.15) is 19.0 Å². The Morgan fingerprint density at radius 2 is 2.25 bits per heavy atom. The molecule has 0 bridgehead atoms. The third-order valence-electron chi connectivity index (χ3n) is 1.84. The van der Waals surface area contributed by atoms with E-state index in [4.69, 9.17) is 0 Å². The molecular weight excluding hydrogens is 168 g/mol. The quantitative estimate of drug-likeness (QED) is 0.629. The van der Waals surface area contributed by atoms with Crippen LogP contribution in [0.25, 0.3) is 11.5 Å². The second-order valence-electron chi connectivity index (χ2n) is 2.75. The smallest absolute Gasteiger partial charge is 0.0738 e. The van der Waals surface area contributed by atoms with Crippen molar-refractivity contribution < 1.29 is 0 Å². The second kappa shape index (κ2) is 3.81. The monoisotopic (exact) mass is 182 g/mol. The van der Waals surface area contributed by atoms with Crippen LogP contribution in [-0.4, -0.2) is 9.78 Å². The van der Waals surface area contributed by atoms with Gasteiger partial charge in [-0.1, -0.05) is 13.0 Å². The van der Waals surface area contributed by atoms with E-state index in [1.165, 1.54) is 5.22 Å². The van der Waals surface area contributed by atoms with Gasteiger partial charge in [-0.3, -0.25) is 4.68 Å². The van der Waals surface area contributed by atoms with Gasteiger partial charge in [-0.25, -0.2) is 0 Å². The number of aromatic nitrogens is 2. The summed E-state index contributed by atoms with van der Waals surface area (Å²) in [5, 5.41) is 8.38. The van der Waals surface area contributed by atoms with E-state index < -0.39 is 0 Å². The van der Waals surface area contributed by atoms with Gasteiger partial charge in [0.1, 0.15) is 0 Å². The molecule has 0 aliphatic rings. The third-order valence-corrected chi connectivity index (χ3v) is 2.09. The van der Waals surface area contributed by atoms with Gasteiger partial charge in [0.2, 0.25) is 0 Å². The van der Waals surface area contributed by atoms with Crippen molar-refractivity contribution in [2.75, 3.05) is 0 Å². The first-order valence-electron chi connectivity index (χ1n) is 4.05. The van der Waals surface area contributed by atoms with Gasteiger partial charge < -0.3 is 0 Å². The van der Waals surface area contributed by atoms with Crippen LogP contribution >= 0.6 is 12.6 Å². The number of hydrogen-bond acceptors (Lipinski definition) is 2. The van der Waals surface area contributed by atoms with Crippen LogP contribution in [0.2, 0.25) is 0 Å². The Morgan fingerprint density at radius 1 is 1.58 bits per heavy atom. The zero-order valence-electron chi connectivity index (χ0n) is 7.70. The molecule has 1 aromatic heterocycles. The molecule has 1 rings (SSSR count). The van der Waals surface area contributed by atoms with Gasteiger partial charge in [-0.15, -0.1) is 12.6 Å². The van der Waals surface area contributed by atoms with Crippen molar-refractivity contribution in [2.24, 2.45) is 7.05 Å². The minimum Gasteiger partial charge on any atom is -0.267 e. The van der Waals surface area contributed by atoms with Gasteiger partial charge in [-0.05, 0) is 18.8 Å². The summed E-state index contributed by atoms with van der Waals surface area (Å²) in [6.07, 6.45) is 3.20. The maximum Gasteiger partial charge on any atom is 0.0738 e. The van der Waals surface area contributed by atoms with Crippen LogP contribution in [0.3, 0.4) is 0 Å². The largest absolute Gasteiger partial charge is 0.267 e. The molecule has 0 saturated carbocycles. The summed E-state index contributed by atoms with van der Waals surface area (Å²) >= 11 is 4.15. The minimum atomic E-state index is 1.03. The van der Waals surface area contributed by atoms with Gasteiger partial charge in [0.05, 0.1) is 11.0 Å². The zero-order valence-corrected chi connectivity index (χ0v) is 8.60. The van der Waals surface area contributed by atoms with E-state index in [0.29, 0.717) is 0 Å². The van der Waals surface area contributed by atoms with Crippen LogP contribution in [-0.2, 0) is 7.05 Å². The Bertz CT molecular complexity index is 376. The molecule has 66 valence electrons. The van der Waals surface area contributed by atoms with Gasteiger partial charge in [0, 0.05) is 12.3 Å². The van der Waals surface area contributed by atoms with Crippen LogP contribution in [0.4, 0.5) is 0 Å². The highest BCUT2D eigenvalue weighted by atomic mass is 32.1. The Labute approximate surface area is 78.0 Å². The van der Waals surface area contributed by atoms with E-state index >= 15 is 0 Å². The zero-order chi connectivity index (χ0) is 9.14. The van der Waals surface area contributed by atoms with E-state index in [1.807, 2.05) is 18.7 Å². The maximum atomic E-state index is 4.31. The summed E-state index contributed by atoms with van der Waals surface area (Å²) in [7, 11) is 1.93. The predicted molar refractivity (Wildman–Crippen MR) is 55.4 cm³/mol. The lowest BCUT2D eigenvalue weighted by molar-refractivity contribution is 0.735. The summed E-state index contributed by atoms with van der Waals surface area (Å²) in [6, 6.07) is 0. The molecule has 1 heterocycles. The summed E-state index contributed by atoms with van der Waals surface area (Å²) in [6.45, 7) is 4.14. The summed E-state index contributed by atoms with van der Waals surface area (Å²) < 4.78 is 1.85. The van der Waals surface area contributed by atoms with Gasteiger partial charge in [0.15, 0.2) is 0 Å². The summed E-state index contributed by atoms with van der Waals surface area (Å²) in [4.78, 5) is 0. The van der Waals surface area contributed by atoms with Crippen molar-refractivity contribution in [2.45, 2.75) is 20.3 Å². The van der Waals surface area contributed by atoms with Crippen molar-refractivity contribution >= 4 is 24.1 Å². The lowest BCUT2D eigenvalue weighted by atomic mass is 10.3. The number of nitrogens with zero attached hydrogens (tertiary/aromatic N) is 2. The van der Waals surface area contributed by atoms with Gasteiger partial charge in [-0.2, -0.15) is 5.10 Å². The molecule has 1 aromatic rings. The molecule has 0 N–H and O–H groups in total. The standard InChI is InChI=1S/C9H14N2S/c1-4-5-8-7(2)10-11(3)9(8)6-12/h5-6,12H,4H2,1-3H3/b8-5-,9-6+. The van der Waals surface area contributed by atoms with Crippen molar-refractivity contribution in [1.29, 1.82) is 0 Å². The second-order valence-corrected chi connectivity index (χ2v) is 3.01. The molecule has 0 aromatic carbocycles. The summed E-state index contributed by atoms with van der Waals surface area (Å²) in [5.41, 5.74) is 1.07. The molecule has 2 nitrogen and oxygen atoms in total. The minimum absolute atomic E-state index is 1.03. The van der Waals surface area contributed by atoms with E-state index in [1.54, 1.807) is 5.41 Å². The van der Waals surface area contributed by atoms with Gasteiger partial charge in [0.25, 0.3) is 0 Å². The lowest BCUT2D eigenvalue weighted by Crippen LogP contribution is -2.27. The number of aryl methyl sites for hydroxylation is 2. The molecule has 0 aliphatic carbocycles. The topological polar surface area (TPSA) is 17.8 Å². The number of hydrogen-bond donors (Lipinski definition) is 1. The van der Waals surface area contributed by atoms with Crippen molar-refractivity contribution in [3.05, 3.63) is 16.3 Å². The molecule has 0 atom stereocenters. The molecule has 3 heteroatoms. The molecule has 0 aliphatic heterocycles. The molecule has 0 amide bonds. The molecule has 12 heavy (non-hydrogen) atoms. The Balaban J connectivity index is 3.56. The van der Waals surface area contributed by atoms with Crippen molar-refractivity contribution in [3.8, 4) is 0 Å².